The van der Waals surface area contributed by atoms with Crippen molar-refractivity contribution in [3.8, 4) is 0 Å². The molecular weight excluding hydrogens is 268 g/mol. The Bertz CT molecular complexity index is 460. The minimum atomic E-state index is -0.917. The van der Waals surface area contributed by atoms with Crippen LogP contribution >= 0.6 is 0 Å². The number of urea groups is 1. The first-order valence-electron chi connectivity index (χ1n) is 7.24. The number of rotatable bonds is 7. The van der Waals surface area contributed by atoms with Crippen molar-refractivity contribution in [2.45, 2.75) is 27.2 Å². The Morgan fingerprint density at radius 3 is 2.33 bits per heavy atom. The number of carboxylic acids is 1. The van der Waals surface area contributed by atoms with Crippen LogP contribution in [0.4, 0.5) is 10.5 Å². The highest BCUT2D eigenvalue weighted by Crippen LogP contribution is 2.14. The van der Waals surface area contributed by atoms with Crippen LogP contribution in [0.2, 0.25) is 0 Å². The maximum atomic E-state index is 12.3. The van der Waals surface area contributed by atoms with Gasteiger partial charge in [0, 0.05) is 18.8 Å². The van der Waals surface area contributed by atoms with Crippen molar-refractivity contribution in [3.63, 3.8) is 0 Å². The molecule has 0 bridgehead atoms. The Kier molecular flexibility index (Phi) is 6.72. The normalized spacial score (nSPS) is 12.0. The molecule has 5 nitrogen and oxygen atoms in total. The molecule has 0 heterocycles. The third kappa shape index (κ3) is 5.85. The maximum Gasteiger partial charge on any atom is 0.321 e. The number of nitrogens with one attached hydrogen (secondary N) is 1. The molecular formula is C16H24N2O3. The topological polar surface area (TPSA) is 69.6 Å². The summed E-state index contributed by atoms with van der Waals surface area (Å²) >= 11 is 0. The van der Waals surface area contributed by atoms with Crippen LogP contribution in [0.15, 0.2) is 30.3 Å². The number of hydrogen-bond donors (Lipinski definition) is 2. The van der Waals surface area contributed by atoms with Crippen molar-refractivity contribution in [2.24, 2.45) is 11.8 Å². The van der Waals surface area contributed by atoms with Gasteiger partial charge in [-0.25, -0.2) is 4.79 Å². The van der Waals surface area contributed by atoms with Crippen molar-refractivity contribution in [1.82, 2.24) is 5.32 Å². The minimum absolute atomic E-state index is 0.0813. The SMILES string of the molecule is CC(C)C(C)CNC(=O)N(CCC(=O)O)c1ccccc1. The van der Waals surface area contributed by atoms with E-state index in [1.54, 1.807) is 12.1 Å². The number of para-hydroxylation sites is 1. The number of amides is 2. The third-order valence-electron chi connectivity index (χ3n) is 3.58. The van der Waals surface area contributed by atoms with Gasteiger partial charge in [0.15, 0.2) is 0 Å². The molecule has 0 aliphatic rings. The molecule has 1 aromatic rings. The highest BCUT2D eigenvalue weighted by molar-refractivity contribution is 5.92. The number of carbonyl (C=O) groups is 2. The number of carbonyl (C=O) groups excluding carboxylic acids is 1. The van der Waals surface area contributed by atoms with E-state index < -0.39 is 5.97 Å². The number of anilines is 1. The number of aliphatic carboxylic acids is 1. The Labute approximate surface area is 126 Å². The van der Waals surface area contributed by atoms with Gasteiger partial charge in [0.25, 0.3) is 0 Å². The first-order chi connectivity index (χ1) is 9.91. The second-order valence-electron chi connectivity index (χ2n) is 5.54. The van der Waals surface area contributed by atoms with Gasteiger partial charge in [-0.2, -0.15) is 0 Å². The highest BCUT2D eigenvalue weighted by Gasteiger charge is 2.17. The Morgan fingerprint density at radius 2 is 1.81 bits per heavy atom. The summed E-state index contributed by atoms with van der Waals surface area (Å²) in [6.07, 6.45) is -0.0813. The summed E-state index contributed by atoms with van der Waals surface area (Å²) in [6.45, 7) is 7.02. The van der Waals surface area contributed by atoms with E-state index in [1.807, 2.05) is 18.2 Å². The van der Waals surface area contributed by atoms with Crippen LogP contribution in [0.5, 0.6) is 0 Å². The van der Waals surface area contributed by atoms with E-state index in [4.69, 9.17) is 5.11 Å². The van der Waals surface area contributed by atoms with Gasteiger partial charge in [-0.3, -0.25) is 9.69 Å². The molecule has 0 spiro atoms. The third-order valence-corrected chi connectivity index (χ3v) is 3.58. The van der Waals surface area contributed by atoms with E-state index in [-0.39, 0.29) is 19.0 Å². The maximum absolute atomic E-state index is 12.3. The van der Waals surface area contributed by atoms with Gasteiger partial charge in [-0.15, -0.1) is 0 Å². The van der Waals surface area contributed by atoms with Gasteiger partial charge in [0.05, 0.1) is 6.42 Å². The second kappa shape index (κ2) is 8.29. The van der Waals surface area contributed by atoms with Crippen molar-refractivity contribution in [2.75, 3.05) is 18.0 Å². The van der Waals surface area contributed by atoms with E-state index in [0.717, 1.165) is 0 Å². The molecule has 0 radical (unpaired) electrons. The van der Waals surface area contributed by atoms with Crippen molar-refractivity contribution in [3.05, 3.63) is 30.3 Å². The zero-order chi connectivity index (χ0) is 15.8. The molecule has 0 aliphatic carbocycles. The molecule has 2 N–H and O–H groups in total. The monoisotopic (exact) mass is 292 g/mol. The van der Waals surface area contributed by atoms with E-state index in [1.165, 1.54) is 4.90 Å². The Balaban J connectivity index is 2.71. The van der Waals surface area contributed by atoms with Gasteiger partial charge in [0.1, 0.15) is 0 Å². The lowest BCUT2D eigenvalue weighted by atomic mass is 9.98. The van der Waals surface area contributed by atoms with Crippen LogP contribution in [-0.2, 0) is 4.79 Å². The molecule has 2 amide bonds. The highest BCUT2D eigenvalue weighted by atomic mass is 16.4. The van der Waals surface area contributed by atoms with Gasteiger partial charge >= 0.3 is 12.0 Å². The predicted octanol–water partition coefficient (Wildman–Crippen LogP) is 2.97. The molecule has 0 saturated carbocycles. The molecule has 116 valence electrons. The van der Waals surface area contributed by atoms with E-state index >= 15 is 0 Å². The summed E-state index contributed by atoms with van der Waals surface area (Å²) < 4.78 is 0. The largest absolute Gasteiger partial charge is 0.481 e. The number of carboxylic acid groups (broad SMARTS) is 1. The average molecular weight is 292 g/mol. The molecule has 21 heavy (non-hydrogen) atoms. The van der Waals surface area contributed by atoms with Crippen LogP contribution in [0.25, 0.3) is 0 Å². The van der Waals surface area contributed by atoms with Crippen molar-refractivity contribution >= 4 is 17.7 Å². The second-order valence-corrected chi connectivity index (χ2v) is 5.54. The summed E-state index contributed by atoms with van der Waals surface area (Å²) in [6, 6.07) is 8.85. The van der Waals surface area contributed by atoms with Crippen LogP contribution in [0.1, 0.15) is 27.2 Å². The zero-order valence-corrected chi connectivity index (χ0v) is 12.9. The molecule has 1 atom stereocenters. The molecule has 0 aliphatic heterocycles. The number of benzene rings is 1. The van der Waals surface area contributed by atoms with Gasteiger partial charge in [-0.05, 0) is 24.0 Å². The van der Waals surface area contributed by atoms with Crippen LogP contribution in [-0.4, -0.2) is 30.2 Å². The van der Waals surface area contributed by atoms with Gasteiger partial charge in [0.2, 0.25) is 0 Å². The van der Waals surface area contributed by atoms with Crippen molar-refractivity contribution in [1.29, 1.82) is 0 Å². The lowest BCUT2D eigenvalue weighted by molar-refractivity contribution is -0.136. The Hall–Kier alpha value is -2.04. The molecule has 0 aromatic heterocycles. The summed E-state index contributed by atoms with van der Waals surface area (Å²) in [5, 5.41) is 11.7. The summed E-state index contributed by atoms with van der Waals surface area (Å²) in [7, 11) is 0. The molecule has 1 rings (SSSR count). The van der Waals surface area contributed by atoms with Crippen LogP contribution in [0.3, 0.4) is 0 Å². The zero-order valence-electron chi connectivity index (χ0n) is 12.9. The van der Waals surface area contributed by atoms with E-state index in [9.17, 15) is 9.59 Å². The first kappa shape index (κ1) is 17.0. The summed E-state index contributed by atoms with van der Waals surface area (Å²) in [4.78, 5) is 24.5. The van der Waals surface area contributed by atoms with Crippen molar-refractivity contribution < 1.29 is 14.7 Å². The minimum Gasteiger partial charge on any atom is -0.481 e. The van der Waals surface area contributed by atoms with E-state index in [0.29, 0.717) is 24.1 Å². The smallest absolute Gasteiger partial charge is 0.321 e. The molecule has 0 fully saturated rings. The van der Waals surface area contributed by atoms with E-state index in [2.05, 4.69) is 26.1 Å². The summed E-state index contributed by atoms with van der Waals surface area (Å²) in [5.74, 6) is -0.0696. The fourth-order valence-corrected chi connectivity index (χ4v) is 1.74. The van der Waals surface area contributed by atoms with Gasteiger partial charge in [-0.1, -0.05) is 39.0 Å². The summed E-state index contributed by atoms with van der Waals surface area (Å²) in [5.41, 5.74) is 0.702. The van der Waals surface area contributed by atoms with Gasteiger partial charge < -0.3 is 10.4 Å². The molecule has 5 heteroatoms. The Morgan fingerprint density at radius 1 is 1.19 bits per heavy atom. The lowest BCUT2D eigenvalue weighted by Gasteiger charge is -2.24. The first-order valence-corrected chi connectivity index (χ1v) is 7.24. The number of hydrogen-bond acceptors (Lipinski definition) is 2. The van der Waals surface area contributed by atoms with Crippen LogP contribution in [0, 0.1) is 11.8 Å². The van der Waals surface area contributed by atoms with Crippen LogP contribution < -0.4 is 10.2 Å². The molecule has 0 saturated heterocycles. The average Bonchev–Trinajstić information content (AvgIpc) is 2.45. The molecule has 1 unspecified atom stereocenters. The fourth-order valence-electron chi connectivity index (χ4n) is 1.74. The quantitative estimate of drug-likeness (QED) is 0.811. The predicted molar refractivity (Wildman–Crippen MR) is 83.4 cm³/mol. The molecule has 1 aromatic carbocycles. The fraction of sp³-hybridized carbons (Fsp3) is 0.500. The lowest BCUT2D eigenvalue weighted by Crippen LogP contribution is -2.43. The standard InChI is InChI=1S/C16H24N2O3/c1-12(2)13(3)11-17-16(21)18(10-9-15(19)20)14-7-5-4-6-8-14/h4-8,12-13H,9-11H2,1-3H3,(H,17,21)(H,19,20). The number of nitrogens with zero attached hydrogens (tertiary/aromatic N) is 1.